The molecule has 1 heterocycles. The van der Waals surface area contributed by atoms with E-state index in [9.17, 15) is 5.11 Å². The summed E-state index contributed by atoms with van der Waals surface area (Å²) in [5, 5.41) is 22.3. The first-order valence-corrected chi connectivity index (χ1v) is 5.43. The number of phenolic OH excluding ortho intramolecular Hbond substituents is 1. The molecule has 0 fully saturated rings. The van der Waals surface area contributed by atoms with Crippen LogP contribution in [0.25, 0.3) is 11.1 Å². The summed E-state index contributed by atoms with van der Waals surface area (Å²) in [6.07, 6.45) is 0. The molecule has 1 N–H and O–H groups in total. The zero-order chi connectivity index (χ0) is 10.8. The van der Waals surface area contributed by atoms with Crippen LogP contribution < -0.4 is 0 Å². The Morgan fingerprint density at radius 3 is 2.67 bits per heavy atom. The summed E-state index contributed by atoms with van der Waals surface area (Å²) < 4.78 is 0. The highest BCUT2D eigenvalue weighted by atomic mass is 32.1. The first-order chi connectivity index (χ1) is 7.22. The van der Waals surface area contributed by atoms with Gasteiger partial charge in [0.05, 0.1) is 5.56 Å². The van der Waals surface area contributed by atoms with E-state index in [1.807, 2.05) is 24.4 Å². The molecule has 0 unspecified atom stereocenters. The maximum atomic E-state index is 9.56. The molecule has 0 aliphatic rings. The first-order valence-electron chi connectivity index (χ1n) is 4.48. The van der Waals surface area contributed by atoms with Crippen molar-refractivity contribution in [3.05, 3.63) is 40.1 Å². The fourth-order valence-electron chi connectivity index (χ4n) is 1.45. The topological polar surface area (TPSA) is 44.0 Å². The molecule has 0 aliphatic carbocycles. The molecule has 0 saturated heterocycles. The fraction of sp³-hybridized carbons (Fsp3) is 0.0833. The van der Waals surface area contributed by atoms with E-state index in [0.29, 0.717) is 5.56 Å². The molecule has 0 aliphatic heterocycles. The van der Waals surface area contributed by atoms with Crippen LogP contribution in [0, 0.1) is 18.3 Å². The maximum absolute atomic E-state index is 9.56. The second-order valence-corrected chi connectivity index (χ2v) is 4.06. The second-order valence-electron chi connectivity index (χ2n) is 3.31. The highest BCUT2D eigenvalue weighted by Crippen LogP contribution is 2.30. The number of thiophene rings is 1. The number of rotatable bonds is 1. The first kappa shape index (κ1) is 9.75. The number of hydrogen-bond acceptors (Lipinski definition) is 3. The highest BCUT2D eigenvalue weighted by molar-refractivity contribution is 7.08. The zero-order valence-corrected chi connectivity index (χ0v) is 9.01. The van der Waals surface area contributed by atoms with Crippen molar-refractivity contribution in [2.24, 2.45) is 0 Å². The molecule has 0 spiro atoms. The van der Waals surface area contributed by atoms with Crippen LogP contribution in [0.5, 0.6) is 5.75 Å². The molecular formula is C12H9NOS. The number of aromatic hydroxyl groups is 1. The maximum Gasteiger partial charge on any atom is 0.133 e. The molecular weight excluding hydrogens is 206 g/mol. The minimum atomic E-state index is 0.0422. The van der Waals surface area contributed by atoms with Gasteiger partial charge < -0.3 is 5.11 Å². The lowest BCUT2D eigenvalue weighted by atomic mass is 10.0. The summed E-state index contributed by atoms with van der Waals surface area (Å²) in [7, 11) is 0. The summed E-state index contributed by atoms with van der Waals surface area (Å²) in [6.45, 7) is 2.03. The van der Waals surface area contributed by atoms with Gasteiger partial charge in [0, 0.05) is 0 Å². The van der Waals surface area contributed by atoms with Crippen LogP contribution in [0.15, 0.2) is 29.0 Å². The van der Waals surface area contributed by atoms with E-state index in [0.717, 1.165) is 11.1 Å². The predicted octanol–water partition coefficient (Wildman–Crippen LogP) is 3.30. The van der Waals surface area contributed by atoms with Gasteiger partial charge in [0.25, 0.3) is 0 Å². The Labute approximate surface area is 92.0 Å². The Morgan fingerprint density at radius 2 is 2.13 bits per heavy atom. The summed E-state index contributed by atoms with van der Waals surface area (Å²) in [6, 6.07) is 7.06. The zero-order valence-electron chi connectivity index (χ0n) is 8.19. The Kier molecular flexibility index (Phi) is 2.44. The molecule has 0 bridgehead atoms. The third-order valence-electron chi connectivity index (χ3n) is 2.28. The molecule has 0 radical (unpaired) electrons. The van der Waals surface area contributed by atoms with E-state index in [2.05, 4.69) is 5.38 Å². The van der Waals surface area contributed by atoms with Crippen LogP contribution in [0.2, 0.25) is 0 Å². The molecule has 74 valence electrons. The molecule has 15 heavy (non-hydrogen) atoms. The number of nitriles is 1. The third kappa shape index (κ3) is 1.72. The smallest absolute Gasteiger partial charge is 0.133 e. The molecule has 2 aromatic rings. The van der Waals surface area contributed by atoms with Gasteiger partial charge >= 0.3 is 0 Å². The SMILES string of the molecule is Cc1cscc1-c1ccc(C#N)c(O)c1. The second kappa shape index (κ2) is 3.76. The Morgan fingerprint density at radius 1 is 1.33 bits per heavy atom. The number of hydrogen-bond donors (Lipinski definition) is 1. The van der Waals surface area contributed by atoms with Gasteiger partial charge in [-0.1, -0.05) is 6.07 Å². The highest BCUT2D eigenvalue weighted by Gasteiger charge is 2.06. The Balaban J connectivity index is 2.53. The fourth-order valence-corrected chi connectivity index (χ4v) is 2.31. The number of benzene rings is 1. The van der Waals surface area contributed by atoms with Crippen LogP contribution in [-0.2, 0) is 0 Å². The summed E-state index contributed by atoms with van der Waals surface area (Å²) >= 11 is 1.63. The number of aryl methyl sites for hydroxylation is 1. The largest absolute Gasteiger partial charge is 0.507 e. The molecule has 2 nitrogen and oxygen atoms in total. The van der Waals surface area contributed by atoms with Gasteiger partial charge in [0.15, 0.2) is 0 Å². The van der Waals surface area contributed by atoms with Gasteiger partial charge in [0.1, 0.15) is 11.8 Å². The summed E-state index contributed by atoms with van der Waals surface area (Å²) in [4.78, 5) is 0. The van der Waals surface area contributed by atoms with Crippen LogP contribution in [0.1, 0.15) is 11.1 Å². The van der Waals surface area contributed by atoms with Gasteiger partial charge in [-0.05, 0) is 46.5 Å². The molecule has 2 rings (SSSR count). The van der Waals surface area contributed by atoms with E-state index < -0.39 is 0 Å². The monoisotopic (exact) mass is 215 g/mol. The van der Waals surface area contributed by atoms with Gasteiger partial charge in [0.2, 0.25) is 0 Å². The molecule has 0 amide bonds. The normalized spacial score (nSPS) is 9.87. The van der Waals surface area contributed by atoms with Crippen molar-refractivity contribution in [2.45, 2.75) is 6.92 Å². The lowest BCUT2D eigenvalue weighted by Crippen LogP contribution is -1.80. The van der Waals surface area contributed by atoms with Gasteiger partial charge in [-0.2, -0.15) is 16.6 Å². The Hall–Kier alpha value is -1.79. The predicted molar refractivity (Wildman–Crippen MR) is 60.9 cm³/mol. The summed E-state index contributed by atoms with van der Waals surface area (Å²) in [5.74, 6) is 0.0422. The van der Waals surface area contributed by atoms with E-state index in [4.69, 9.17) is 5.26 Å². The molecule has 1 aromatic heterocycles. The van der Waals surface area contributed by atoms with Crippen LogP contribution in [-0.4, -0.2) is 5.11 Å². The molecule has 3 heteroatoms. The van der Waals surface area contributed by atoms with Crippen LogP contribution >= 0.6 is 11.3 Å². The number of nitrogens with zero attached hydrogens (tertiary/aromatic N) is 1. The standard InChI is InChI=1S/C12H9NOS/c1-8-6-15-7-11(8)9-2-3-10(5-13)12(14)4-9/h2-4,6-7,14H,1H3. The third-order valence-corrected chi connectivity index (χ3v) is 3.15. The lowest BCUT2D eigenvalue weighted by Gasteiger charge is -2.02. The van der Waals surface area contributed by atoms with Crippen molar-refractivity contribution >= 4 is 11.3 Å². The van der Waals surface area contributed by atoms with E-state index in [-0.39, 0.29) is 5.75 Å². The molecule has 0 saturated carbocycles. The molecule has 1 aromatic carbocycles. The van der Waals surface area contributed by atoms with Crippen molar-refractivity contribution in [1.82, 2.24) is 0 Å². The summed E-state index contributed by atoms with van der Waals surface area (Å²) in [5.41, 5.74) is 3.56. The average molecular weight is 215 g/mol. The molecule has 0 atom stereocenters. The lowest BCUT2D eigenvalue weighted by molar-refractivity contribution is 0.474. The van der Waals surface area contributed by atoms with Crippen molar-refractivity contribution in [2.75, 3.05) is 0 Å². The van der Waals surface area contributed by atoms with Crippen molar-refractivity contribution in [1.29, 1.82) is 5.26 Å². The van der Waals surface area contributed by atoms with E-state index in [1.165, 1.54) is 5.56 Å². The minimum absolute atomic E-state index is 0.0422. The quantitative estimate of drug-likeness (QED) is 0.793. The van der Waals surface area contributed by atoms with Gasteiger partial charge in [-0.25, -0.2) is 0 Å². The van der Waals surface area contributed by atoms with Gasteiger partial charge in [-0.15, -0.1) is 0 Å². The Bertz CT molecular complexity index is 537. The van der Waals surface area contributed by atoms with Crippen molar-refractivity contribution < 1.29 is 5.11 Å². The number of phenols is 1. The van der Waals surface area contributed by atoms with E-state index >= 15 is 0 Å². The average Bonchev–Trinajstić information content (AvgIpc) is 2.64. The van der Waals surface area contributed by atoms with Crippen LogP contribution in [0.3, 0.4) is 0 Å². The minimum Gasteiger partial charge on any atom is -0.507 e. The van der Waals surface area contributed by atoms with E-state index in [1.54, 1.807) is 23.5 Å². The van der Waals surface area contributed by atoms with Gasteiger partial charge in [-0.3, -0.25) is 0 Å². The van der Waals surface area contributed by atoms with Crippen LogP contribution in [0.4, 0.5) is 0 Å². The van der Waals surface area contributed by atoms with Crippen molar-refractivity contribution in [3.8, 4) is 22.9 Å². The van der Waals surface area contributed by atoms with Crippen molar-refractivity contribution in [3.63, 3.8) is 0 Å².